The molecule has 1 heterocycles. The van der Waals surface area contributed by atoms with Crippen molar-refractivity contribution in [1.82, 2.24) is 10.3 Å². The number of nitrogen functional groups attached to an aromatic ring is 1. The molecule has 0 aliphatic carbocycles. The summed E-state index contributed by atoms with van der Waals surface area (Å²) in [5, 5.41) is 2.78. The van der Waals surface area contributed by atoms with Crippen molar-refractivity contribution in [3.05, 3.63) is 53.9 Å². The summed E-state index contributed by atoms with van der Waals surface area (Å²) in [5.41, 5.74) is 7.62. The van der Waals surface area contributed by atoms with Gasteiger partial charge in [0.2, 0.25) is 0 Å². The van der Waals surface area contributed by atoms with Crippen molar-refractivity contribution in [3.63, 3.8) is 0 Å². The molecule has 0 aliphatic heterocycles. The second kappa shape index (κ2) is 6.56. The zero-order chi connectivity index (χ0) is 14.4. The summed E-state index contributed by atoms with van der Waals surface area (Å²) in [4.78, 5) is 16.0. The van der Waals surface area contributed by atoms with E-state index in [4.69, 9.17) is 10.5 Å². The molecule has 5 nitrogen and oxygen atoms in total. The number of hydrogen-bond acceptors (Lipinski definition) is 4. The predicted molar refractivity (Wildman–Crippen MR) is 77.7 cm³/mol. The largest absolute Gasteiger partial charge is 0.490 e. The van der Waals surface area contributed by atoms with Crippen molar-refractivity contribution in [2.24, 2.45) is 0 Å². The lowest BCUT2D eigenvalue weighted by Gasteiger charge is -2.10. The van der Waals surface area contributed by atoms with Crippen molar-refractivity contribution in [3.8, 4) is 5.75 Å². The van der Waals surface area contributed by atoms with Crippen LogP contribution in [0.25, 0.3) is 0 Å². The normalized spacial score (nSPS) is 10.1. The third-order valence-corrected chi connectivity index (χ3v) is 2.82. The topological polar surface area (TPSA) is 77.2 Å². The number of nitrogens with one attached hydrogen (secondary N) is 1. The molecule has 0 unspecified atom stereocenters. The quantitative estimate of drug-likeness (QED) is 0.642. The maximum Gasteiger partial charge on any atom is 0.253 e. The van der Waals surface area contributed by atoms with Gasteiger partial charge in [-0.1, -0.05) is 12.1 Å². The number of hydrogen-bond donors (Lipinski definition) is 2. The van der Waals surface area contributed by atoms with Crippen LogP contribution in [0.4, 0.5) is 5.69 Å². The van der Waals surface area contributed by atoms with E-state index in [1.165, 1.54) is 0 Å². The Labute approximate surface area is 117 Å². The average molecular weight is 271 g/mol. The van der Waals surface area contributed by atoms with Crippen molar-refractivity contribution < 1.29 is 9.53 Å². The third-order valence-electron chi connectivity index (χ3n) is 2.82. The number of carbonyl (C=O) groups excluding carboxylic acids is 1. The molecule has 0 atom stereocenters. The Morgan fingerprint density at radius 1 is 1.30 bits per heavy atom. The highest BCUT2D eigenvalue weighted by molar-refractivity contribution is 5.95. The SMILES string of the molecule is Cc1ncccc1C(=O)NCCOc1ccccc1N. The number of nitrogens with two attached hydrogens (primary N) is 1. The fourth-order valence-corrected chi connectivity index (χ4v) is 1.76. The number of benzene rings is 1. The number of ether oxygens (including phenoxy) is 1. The number of anilines is 1. The van der Waals surface area contributed by atoms with Gasteiger partial charge >= 0.3 is 0 Å². The Balaban J connectivity index is 1.81. The zero-order valence-corrected chi connectivity index (χ0v) is 11.3. The lowest BCUT2D eigenvalue weighted by molar-refractivity contribution is 0.0946. The summed E-state index contributed by atoms with van der Waals surface area (Å²) in [7, 11) is 0. The van der Waals surface area contributed by atoms with Crippen LogP contribution in [-0.4, -0.2) is 24.0 Å². The maximum atomic E-state index is 11.9. The Morgan fingerprint density at radius 3 is 2.85 bits per heavy atom. The molecule has 1 aromatic carbocycles. The predicted octanol–water partition coefficient (Wildman–Crippen LogP) is 1.78. The highest BCUT2D eigenvalue weighted by atomic mass is 16.5. The van der Waals surface area contributed by atoms with Gasteiger partial charge in [-0.2, -0.15) is 0 Å². The van der Waals surface area contributed by atoms with Crippen LogP contribution in [0.3, 0.4) is 0 Å². The Hall–Kier alpha value is -2.56. The molecule has 1 amide bonds. The molecule has 2 aromatic rings. The summed E-state index contributed by atoms with van der Waals surface area (Å²) in [6.45, 7) is 2.57. The highest BCUT2D eigenvalue weighted by Crippen LogP contribution is 2.19. The molecule has 0 saturated carbocycles. The lowest BCUT2D eigenvalue weighted by Crippen LogP contribution is -2.28. The van der Waals surface area contributed by atoms with Gasteiger partial charge in [-0.15, -0.1) is 0 Å². The number of nitrogens with zero attached hydrogens (tertiary/aromatic N) is 1. The molecule has 0 fully saturated rings. The number of rotatable bonds is 5. The number of para-hydroxylation sites is 2. The fourth-order valence-electron chi connectivity index (χ4n) is 1.76. The molecule has 1 aromatic heterocycles. The molecule has 0 bridgehead atoms. The van der Waals surface area contributed by atoms with Gasteiger partial charge in [0.1, 0.15) is 12.4 Å². The molecule has 20 heavy (non-hydrogen) atoms. The van der Waals surface area contributed by atoms with Gasteiger partial charge in [-0.25, -0.2) is 0 Å². The Morgan fingerprint density at radius 2 is 2.10 bits per heavy atom. The first-order valence-corrected chi connectivity index (χ1v) is 6.35. The van der Waals surface area contributed by atoms with E-state index < -0.39 is 0 Å². The lowest BCUT2D eigenvalue weighted by atomic mass is 10.2. The van der Waals surface area contributed by atoms with E-state index in [1.807, 2.05) is 12.1 Å². The maximum absolute atomic E-state index is 11.9. The van der Waals surface area contributed by atoms with E-state index in [-0.39, 0.29) is 5.91 Å². The second-order valence-corrected chi connectivity index (χ2v) is 4.28. The van der Waals surface area contributed by atoms with Crippen molar-refractivity contribution >= 4 is 11.6 Å². The molecular weight excluding hydrogens is 254 g/mol. The van der Waals surface area contributed by atoms with Gasteiger partial charge < -0.3 is 15.8 Å². The minimum absolute atomic E-state index is 0.153. The van der Waals surface area contributed by atoms with Crippen LogP contribution in [0.1, 0.15) is 16.1 Å². The van der Waals surface area contributed by atoms with E-state index in [9.17, 15) is 4.79 Å². The molecule has 0 spiro atoms. The van der Waals surface area contributed by atoms with Crippen molar-refractivity contribution in [2.75, 3.05) is 18.9 Å². The molecule has 3 N–H and O–H groups in total. The van der Waals surface area contributed by atoms with E-state index in [0.29, 0.717) is 35.8 Å². The molecular formula is C15H17N3O2. The van der Waals surface area contributed by atoms with Gasteiger partial charge in [-0.05, 0) is 31.2 Å². The van der Waals surface area contributed by atoms with Crippen LogP contribution in [0.5, 0.6) is 5.75 Å². The number of aromatic nitrogens is 1. The summed E-state index contributed by atoms with van der Waals surface area (Å²) >= 11 is 0. The highest BCUT2D eigenvalue weighted by Gasteiger charge is 2.08. The molecule has 0 radical (unpaired) electrons. The minimum Gasteiger partial charge on any atom is -0.490 e. The Kier molecular flexibility index (Phi) is 4.55. The van der Waals surface area contributed by atoms with Gasteiger partial charge in [0, 0.05) is 11.9 Å². The van der Waals surface area contributed by atoms with Crippen LogP contribution in [0, 0.1) is 6.92 Å². The number of aryl methyl sites for hydroxylation is 1. The Bertz CT molecular complexity index is 599. The van der Waals surface area contributed by atoms with Crippen molar-refractivity contribution in [1.29, 1.82) is 0 Å². The average Bonchev–Trinajstić information content (AvgIpc) is 2.45. The van der Waals surface area contributed by atoms with Crippen molar-refractivity contribution in [2.45, 2.75) is 6.92 Å². The van der Waals surface area contributed by atoms with Gasteiger partial charge in [0.15, 0.2) is 0 Å². The molecule has 2 rings (SSSR count). The summed E-state index contributed by atoms with van der Waals surface area (Å²) in [6.07, 6.45) is 1.66. The van der Waals surface area contributed by atoms with E-state index >= 15 is 0 Å². The van der Waals surface area contributed by atoms with E-state index in [2.05, 4.69) is 10.3 Å². The first-order chi connectivity index (χ1) is 9.68. The summed E-state index contributed by atoms with van der Waals surface area (Å²) in [6, 6.07) is 10.7. The van der Waals surface area contributed by atoms with Crippen LogP contribution in [0.2, 0.25) is 0 Å². The zero-order valence-electron chi connectivity index (χ0n) is 11.3. The van der Waals surface area contributed by atoms with Crippen LogP contribution >= 0.6 is 0 Å². The molecule has 5 heteroatoms. The number of amides is 1. The number of pyridine rings is 1. The van der Waals surface area contributed by atoms with Crippen LogP contribution in [-0.2, 0) is 0 Å². The first kappa shape index (κ1) is 13.9. The second-order valence-electron chi connectivity index (χ2n) is 4.28. The smallest absolute Gasteiger partial charge is 0.253 e. The first-order valence-electron chi connectivity index (χ1n) is 6.35. The van der Waals surface area contributed by atoms with E-state index in [1.54, 1.807) is 37.4 Å². The standard InChI is InChI=1S/C15H17N3O2/c1-11-12(5-4-8-17-11)15(19)18-9-10-20-14-7-3-2-6-13(14)16/h2-8H,9-10,16H2,1H3,(H,18,19). The van der Waals surface area contributed by atoms with Crippen LogP contribution < -0.4 is 15.8 Å². The molecule has 0 aliphatic rings. The number of carbonyl (C=O) groups is 1. The van der Waals surface area contributed by atoms with Gasteiger partial charge in [0.25, 0.3) is 5.91 Å². The summed E-state index contributed by atoms with van der Waals surface area (Å²) in [5.74, 6) is 0.472. The van der Waals surface area contributed by atoms with Crippen LogP contribution in [0.15, 0.2) is 42.6 Å². The van der Waals surface area contributed by atoms with E-state index in [0.717, 1.165) is 0 Å². The summed E-state index contributed by atoms with van der Waals surface area (Å²) < 4.78 is 5.50. The monoisotopic (exact) mass is 271 g/mol. The fraction of sp³-hybridized carbons (Fsp3) is 0.200. The molecule has 104 valence electrons. The minimum atomic E-state index is -0.153. The third kappa shape index (κ3) is 3.47. The van der Waals surface area contributed by atoms with Gasteiger partial charge in [0.05, 0.1) is 17.8 Å². The molecule has 0 saturated heterocycles. The van der Waals surface area contributed by atoms with Gasteiger partial charge in [-0.3, -0.25) is 9.78 Å².